The average molecular weight is 427 g/mol. The quantitative estimate of drug-likeness (QED) is 0.770. The molecule has 2 aliphatic rings. The van der Waals surface area contributed by atoms with Gasteiger partial charge < -0.3 is 15.2 Å². The Balaban J connectivity index is 1.40. The molecule has 1 saturated heterocycles. The van der Waals surface area contributed by atoms with Gasteiger partial charge in [-0.25, -0.2) is 4.79 Å². The SMILES string of the molecule is CC(C)[C@H](NC(=O)C1CCCCC1)C(=O)N1CCC(n2c(=O)[nH]c3ccccc32)CC1. The summed E-state index contributed by atoms with van der Waals surface area (Å²) in [6, 6.07) is 7.31. The molecule has 2 N–H and O–H groups in total. The van der Waals surface area contributed by atoms with E-state index in [1.165, 1.54) is 6.42 Å². The summed E-state index contributed by atoms with van der Waals surface area (Å²) in [5.41, 5.74) is 1.67. The van der Waals surface area contributed by atoms with E-state index in [4.69, 9.17) is 0 Å². The molecule has 1 atom stereocenters. The van der Waals surface area contributed by atoms with E-state index >= 15 is 0 Å². The maximum absolute atomic E-state index is 13.3. The number of hydrogen-bond acceptors (Lipinski definition) is 3. The Morgan fingerprint density at radius 3 is 2.39 bits per heavy atom. The lowest BCUT2D eigenvalue weighted by Gasteiger charge is -2.36. The fourth-order valence-electron chi connectivity index (χ4n) is 5.13. The van der Waals surface area contributed by atoms with Crippen molar-refractivity contribution in [2.45, 2.75) is 70.9 Å². The highest BCUT2D eigenvalue weighted by molar-refractivity contribution is 5.88. The van der Waals surface area contributed by atoms with Gasteiger partial charge in [-0.05, 0) is 43.7 Å². The Hall–Kier alpha value is -2.57. The van der Waals surface area contributed by atoms with Crippen molar-refractivity contribution >= 4 is 22.8 Å². The van der Waals surface area contributed by atoms with Crippen molar-refractivity contribution in [2.75, 3.05) is 13.1 Å². The topological polar surface area (TPSA) is 87.2 Å². The van der Waals surface area contributed by atoms with E-state index < -0.39 is 6.04 Å². The van der Waals surface area contributed by atoms with Crippen LogP contribution in [0.1, 0.15) is 64.8 Å². The standard InChI is InChI=1S/C24H34N4O3/c1-16(2)21(26-22(29)17-8-4-3-5-9-17)23(30)27-14-12-18(13-15-27)28-20-11-7-6-10-19(20)25-24(28)31/h6-7,10-11,16-18,21H,3-5,8-9,12-15H2,1-2H3,(H,25,31)(H,26,29)/t21-/m0/s1. The molecule has 2 aromatic rings. The van der Waals surface area contributed by atoms with Crippen LogP contribution >= 0.6 is 0 Å². The number of nitrogens with zero attached hydrogens (tertiary/aromatic N) is 2. The maximum atomic E-state index is 13.3. The maximum Gasteiger partial charge on any atom is 0.326 e. The normalized spacial score (nSPS) is 19.6. The minimum atomic E-state index is -0.484. The number of likely N-dealkylation sites (tertiary alicyclic amines) is 1. The van der Waals surface area contributed by atoms with Crippen molar-refractivity contribution in [2.24, 2.45) is 11.8 Å². The van der Waals surface area contributed by atoms with Crippen LogP contribution in [0.2, 0.25) is 0 Å². The molecule has 31 heavy (non-hydrogen) atoms. The average Bonchev–Trinajstić information content (AvgIpc) is 3.13. The van der Waals surface area contributed by atoms with Gasteiger partial charge in [-0.15, -0.1) is 0 Å². The number of piperidine rings is 1. The van der Waals surface area contributed by atoms with Crippen molar-refractivity contribution in [3.8, 4) is 0 Å². The summed E-state index contributed by atoms with van der Waals surface area (Å²) in [7, 11) is 0. The smallest absolute Gasteiger partial charge is 0.326 e. The molecule has 1 aromatic heterocycles. The number of rotatable bonds is 5. The minimum absolute atomic E-state index is 0.00360. The van der Waals surface area contributed by atoms with Crippen molar-refractivity contribution < 1.29 is 9.59 Å². The number of H-pyrrole nitrogens is 1. The Labute approximate surface area is 183 Å². The molecular weight excluding hydrogens is 392 g/mol. The monoisotopic (exact) mass is 426 g/mol. The molecule has 7 nitrogen and oxygen atoms in total. The molecule has 1 aromatic carbocycles. The number of carbonyl (C=O) groups is 2. The zero-order chi connectivity index (χ0) is 22.0. The van der Waals surface area contributed by atoms with Crippen molar-refractivity contribution in [3.63, 3.8) is 0 Å². The highest BCUT2D eigenvalue weighted by Crippen LogP contribution is 2.27. The third kappa shape index (κ3) is 4.55. The van der Waals surface area contributed by atoms with Gasteiger partial charge in [0.05, 0.1) is 11.0 Å². The van der Waals surface area contributed by atoms with Crippen LogP contribution in [0.3, 0.4) is 0 Å². The number of amides is 2. The van der Waals surface area contributed by atoms with Crippen LogP contribution in [0.25, 0.3) is 11.0 Å². The number of carbonyl (C=O) groups excluding carboxylic acids is 2. The predicted molar refractivity (Wildman–Crippen MR) is 121 cm³/mol. The molecule has 2 heterocycles. The highest BCUT2D eigenvalue weighted by atomic mass is 16.2. The summed E-state index contributed by atoms with van der Waals surface area (Å²) in [4.78, 5) is 43.3. The summed E-state index contributed by atoms with van der Waals surface area (Å²) < 4.78 is 1.84. The highest BCUT2D eigenvalue weighted by Gasteiger charge is 2.33. The summed E-state index contributed by atoms with van der Waals surface area (Å²) in [6.45, 7) is 5.17. The largest absolute Gasteiger partial charge is 0.344 e. The molecule has 1 aliphatic carbocycles. The predicted octanol–water partition coefficient (Wildman–Crippen LogP) is 3.21. The van der Waals surface area contributed by atoms with E-state index in [1.54, 1.807) is 0 Å². The van der Waals surface area contributed by atoms with Crippen LogP contribution in [-0.4, -0.2) is 45.4 Å². The van der Waals surface area contributed by atoms with Crippen molar-refractivity contribution in [1.29, 1.82) is 0 Å². The van der Waals surface area contributed by atoms with Crippen LogP contribution in [0, 0.1) is 11.8 Å². The molecule has 1 saturated carbocycles. The van der Waals surface area contributed by atoms with E-state index in [0.717, 1.165) is 49.6 Å². The number of aromatic nitrogens is 2. The van der Waals surface area contributed by atoms with Gasteiger partial charge in [0.15, 0.2) is 0 Å². The van der Waals surface area contributed by atoms with E-state index in [1.807, 2.05) is 47.6 Å². The lowest BCUT2D eigenvalue weighted by Crippen LogP contribution is -2.54. The van der Waals surface area contributed by atoms with Gasteiger partial charge in [-0.2, -0.15) is 0 Å². The molecule has 4 rings (SSSR count). The number of nitrogens with one attached hydrogen (secondary N) is 2. The Morgan fingerprint density at radius 2 is 1.71 bits per heavy atom. The van der Waals surface area contributed by atoms with Crippen LogP contribution in [0.15, 0.2) is 29.1 Å². The molecule has 0 radical (unpaired) electrons. The van der Waals surface area contributed by atoms with Gasteiger partial charge in [0.2, 0.25) is 11.8 Å². The van der Waals surface area contributed by atoms with Gasteiger partial charge >= 0.3 is 5.69 Å². The lowest BCUT2D eigenvalue weighted by molar-refractivity contribution is -0.140. The Morgan fingerprint density at radius 1 is 1.03 bits per heavy atom. The van der Waals surface area contributed by atoms with Crippen molar-refractivity contribution in [3.05, 3.63) is 34.7 Å². The molecule has 7 heteroatoms. The number of imidazole rings is 1. The number of benzene rings is 1. The number of fused-ring (bicyclic) bond motifs is 1. The minimum Gasteiger partial charge on any atom is -0.344 e. The van der Waals surface area contributed by atoms with Gasteiger partial charge in [-0.1, -0.05) is 45.2 Å². The molecule has 2 amide bonds. The molecule has 1 aliphatic heterocycles. The van der Waals surface area contributed by atoms with E-state index in [0.29, 0.717) is 13.1 Å². The number of aromatic amines is 1. The van der Waals surface area contributed by atoms with E-state index in [9.17, 15) is 14.4 Å². The van der Waals surface area contributed by atoms with Gasteiger partial charge in [0.25, 0.3) is 0 Å². The molecule has 0 unspecified atom stereocenters. The first-order chi connectivity index (χ1) is 15.0. The molecule has 0 spiro atoms. The first-order valence-corrected chi connectivity index (χ1v) is 11.7. The second-order valence-corrected chi connectivity index (χ2v) is 9.44. The van der Waals surface area contributed by atoms with Crippen LogP contribution in [-0.2, 0) is 9.59 Å². The first kappa shape index (κ1) is 21.7. The number of para-hydroxylation sites is 2. The van der Waals surface area contributed by atoms with Gasteiger partial charge in [0.1, 0.15) is 6.04 Å². The summed E-state index contributed by atoms with van der Waals surface area (Å²) in [5.74, 6) is 0.118. The van der Waals surface area contributed by atoms with Gasteiger partial charge in [0, 0.05) is 25.0 Å². The molecule has 2 fully saturated rings. The lowest BCUT2D eigenvalue weighted by atomic mass is 9.88. The van der Waals surface area contributed by atoms with Crippen LogP contribution < -0.4 is 11.0 Å². The third-order valence-electron chi connectivity index (χ3n) is 6.97. The summed E-state index contributed by atoms with van der Waals surface area (Å²) in [5, 5.41) is 3.06. The van der Waals surface area contributed by atoms with Gasteiger partial charge in [-0.3, -0.25) is 14.2 Å². The molecule has 168 valence electrons. The van der Waals surface area contributed by atoms with Crippen LogP contribution in [0.5, 0.6) is 0 Å². The fourth-order valence-corrected chi connectivity index (χ4v) is 5.13. The Bertz CT molecular complexity index is 978. The van der Waals surface area contributed by atoms with Crippen molar-refractivity contribution in [1.82, 2.24) is 19.8 Å². The summed E-state index contributed by atoms with van der Waals surface area (Å²) >= 11 is 0. The summed E-state index contributed by atoms with van der Waals surface area (Å²) in [6.07, 6.45) is 6.71. The fraction of sp³-hybridized carbons (Fsp3) is 0.625. The van der Waals surface area contributed by atoms with E-state index in [-0.39, 0.29) is 35.4 Å². The zero-order valence-electron chi connectivity index (χ0n) is 18.6. The molecule has 0 bridgehead atoms. The number of hydrogen-bond donors (Lipinski definition) is 2. The Kier molecular flexibility index (Phi) is 6.49. The zero-order valence-corrected chi connectivity index (χ0v) is 18.6. The van der Waals surface area contributed by atoms with E-state index in [2.05, 4.69) is 10.3 Å². The second-order valence-electron chi connectivity index (χ2n) is 9.44. The second kappa shape index (κ2) is 9.28. The van der Waals surface area contributed by atoms with Crippen LogP contribution in [0.4, 0.5) is 0 Å². The third-order valence-corrected chi connectivity index (χ3v) is 6.97. The molecular formula is C24H34N4O3. The first-order valence-electron chi connectivity index (χ1n) is 11.7.